The van der Waals surface area contributed by atoms with E-state index in [0.717, 1.165) is 0 Å². The van der Waals surface area contributed by atoms with Gasteiger partial charge in [0.2, 0.25) is 0 Å². The van der Waals surface area contributed by atoms with E-state index in [4.69, 9.17) is 4.55 Å². The third-order valence-corrected chi connectivity index (χ3v) is 4.67. The van der Waals surface area contributed by atoms with E-state index in [2.05, 4.69) is 0 Å². The molecule has 0 fully saturated rings. The van der Waals surface area contributed by atoms with E-state index in [1.165, 1.54) is 6.92 Å². The van der Waals surface area contributed by atoms with Gasteiger partial charge in [0, 0.05) is 19.4 Å². The summed E-state index contributed by atoms with van der Waals surface area (Å²) in [6, 6.07) is 0. The van der Waals surface area contributed by atoms with Crippen molar-refractivity contribution < 1.29 is 29.8 Å². The lowest BCUT2D eigenvalue weighted by Crippen LogP contribution is -2.43. The van der Waals surface area contributed by atoms with Crippen molar-refractivity contribution in [1.82, 2.24) is 4.72 Å². The van der Waals surface area contributed by atoms with Crippen molar-refractivity contribution >= 4 is 20.5 Å². The standard InChI is InChI=1S/C9H21FN2O5S2/c1-9(18(13,14)15)5-8-12(2,3)7-4-6-11-19(10,16)17/h9,11H,4-8H2,1-3H3/p+1. The molecule has 0 heterocycles. The molecule has 10 heteroatoms. The van der Waals surface area contributed by atoms with Crippen molar-refractivity contribution in [2.45, 2.75) is 25.0 Å². The molecule has 0 aliphatic carbocycles. The minimum absolute atomic E-state index is 0.00559. The first-order chi connectivity index (χ1) is 8.33. The van der Waals surface area contributed by atoms with Crippen LogP contribution in [0.3, 0.4) is 0 Å². The van der Waals surface area contributed by atoms with Gasteiger partial charge in [-0.3, -0.25) is 4.55 Å². The van der Waals surface area contributed by atoms with E-state index >= 15 is 0 Å². The first-order valence-electron chi connectivity index (χ1n) is 5.81. The monoisotopic (exact) mass is 321 g/mol. The Morgan fingerprint density at radius 2 is 1.74 bits per heavy atom. The number of nitrogens with zero attached hydrogens (tertiary/aromatic N) is 1. The summed E-state index contributed by atoms with van der Waals surface area (Å²) >= 11 is 0. The molecule has 0 aromatic rings. The quantitative estimate of drug-likeness (QED) is 0.268. The highest BCUT2D eigenvalue weighted by atomic mass is 32.3. The van der Waals surface area contributed by atoms with E-state index in [1.807, 2.05) is 14.1 Å². The summed E-state index contributed by atoms with van der Waals surface area (Å²) in [6.07, 6.45) is 0.719. The van der Waals surface area contributed by atoms with E-state index in [0.29, 0.717) is 30.4 Å². The molecular weight excluding hydrogens is 299 g/mol. The molecule has 0 radical (unpaired) electrons. The van der Waals surface area contributed by atoms with Crippen LogP contribution in [0.2, 0.25) is 0 Å². The maximum absolute atomic E-state index is 12.2. The van der Waals surface area contributed by atoms with Crippen molar-refractivity contribution in [3.8, 4) is 0 Å². The summed E-state index contributed by atoms with van der Waals surface area (Å²) in [5.74, 6) is 0. The number of nitrogens with one attached hydrogen (secondary N) is 1. The van der Waals surface area contributed by atoms with Crippen molar-refractivity contribution in [2.75, 3.05) is 33.7 Å². The largest absolute Gasteiger partial charge is 0.372 e. The van der Waals surface area contributed by atoms with Crippen LogP contribution in [0.25, 0.3) is 0 Å². The van der Waals surface area contributed by atoms with E-state index < -0.39 is 25.8 Å². The average Bonchev–Trinajstić information content (AvgIpc) is 2.18. The molecule has 0 bridgehead atoms. The Morgan fingerprint density at radius 3 is 2.16 bits per heavy atom. The number of hydrogen-bond acceptors (Lipinski definition) is 4. The molecular formula is C9H22FN2O5S2+. The Kier molecular flexibility index (Phi) is 6.83. The summed E-state index contributed by atoms with van der Waals surface area (Å²) in [6.45, 7) is 2.48. The van der Waals surface area contributed by atoms with E-state index in [9.17, 15) is 20.7 Å². The Hall–Kier alpha value is -0.290. The van der Waals surface area contributed by atoms with Gasteiger partial charge in [0.05, 0.1) is 32.4 Å². The summed E-state index contributed by atoms with van der Waals surface area (Å²) in [5.41, 5.74) is 0. The second-order valence-electron chi connectivity index (χ2n) is 5.18. The minimum atomic E-state index is -4.66. The minimum Gasteiger partial charge on any atom is -0.328 e. The van der Waals surface area contributed by atoms with Crippen LogP contribution in [0.15, 0.2) is 0 Å². The number of rotatable bonds is 9. The molecule has 0 aliphatic rings. The zero-order valence-corrected chi connectivity index (χ0v) is 13.0. The second-order valence-corrected chi connectivity index (χ2v) is 8.18. The van der Waals surface area contributed by atoms with Crippen molar-refractivity contribution in [3.05, 3.63) is 0 Å². The molecule has 1 unspecified atom stereocenters. The number of quaternary nitrogens is 1. The van der Waals surface area contributed by atoms with Gasteiger partial charge in [0.15, 0.2) is 0 Å². The molecule has 2 N–H and O–H groups in total. The molecule has 0 amide bonds. The van der Waals surface area contributed by atoms with Crippen LogP contribution in [-0.4, -0.2) is 64.9 Å². The third kappa shape index (κ3) is 10.2. The van der Waals surface area contributed by atoms with Gasteiger partial charge in [-0.25, -0.2) is 0 Å². The molecule has 1 atom stereocenters. The van der Waals surface area contributed by atoms with E-state index in [-0.39, 0.29) is 6.54 Å². The Bertz CT molecular complexity index is 475. The zero-order chi connectivity index (χ0) is 15.3. The van der Waals surface area contributed by atoms with Gasteiger partial charge < -0.3 is 4.48 Å². The Labute approximate surface area is 114 Å². The summed E-state index contributed by atoms with van der Waals surface area (Å²) in [7, 11) is -4.98. The predicted molar refractivity (Wildman–Crippen MR) is 70.1 cm³/mol. The fourth-order valence-electron chi connectivity index (χ4n) is 1.49. The van der Waals surface area contributed by atoms with Crippen molar-refractivity contribution in [1.29, 1.82) is 0 Å². The van der Waals surface area contributed by atoms with Gasteiger partial charge in [-0.1, -0.05) is 3.89 Å². The third-order valence-electron chi connectivity index (χ3n) is 2.86. The van der Waals surface area contributed by atoms with Crippen LogP contribution >= 0.6 is 0 Å². The molecule has 0 aromatic heterocycles. The molecule has 0 saturated carbocycles. The summed E-state index contributed by atoms with van der Waals surface area (Å²) in [5, 5.41) is -0.839. The van der Waals surface area contributed by atoms with Crippen LogP contribution in [0.4, 0.5) is 3.89 Å². The van der Waals surface area contributed by atoms with Gasteiger partial charge in [0.25, 0.3) is 10.1 Å². The first kappa shape index (κ1) is 18.7. The maximum Gasteiger partial charge on any atom is 0.372 e. The normalized spacial score (nSPS) is 15.4. The summed E-state index contributed by atoms with van der Waals surface area (Å²) in [4.78, 5) is 0. The average molecular weight is 321 g/mol. The topological polar surface area (TPSA) is 101 Å². The summed E-state index contributed by atoms with van der Waals surface area (Å²) < 4.78 is 65.3. The van der Waals surface area contributed by atoms with Crippen LogP contribution in [0.1, 0.15) is 19.8 Å². The number of hydrogen-bond donors (Lipinski definition) is 2. The predicted octanol–water partition coefficient (Wildman–Crippen LogP) is -0.0768. The maximum atomic E-state index is 12.2. The second kappa shape index (κ2) is 6.93. The fraction of sp³-hybridized carbons (Fsp3) is 1.00. The molecule has 0 saturated heterocycles. The van der Waals surface area contributed by atoms with Crippen LogP contribution in [0.5, 0.6) is 0 Å². The van der Waals surface area contributed by atoms with Crippen LogP contribution < -0.4 is 4.72 Å². The fourth-order valence-corrected chi connectivity index (χ4v) is 2.28. The van der Waals surface area contributed by atoms with Crippen LogP contribution in [0, 0.1) is 0 Å². The van der Waals surface area contributed by atoms with Crippen molar-refractivity contribution in [3.63, 3.8) is 0 Å². The smallest absolute Gasteiger partial charge is 0.328 e. The zero-order valence-electron chi connectivity index (χ0n) is 11.3. The van der Waals surface area contributed by atoms with Crippen LogP contribution in [-0.2, 0) is 20.5 Å². The Morgan fingerprint density at radius 1 is 1.21 bits per heavy atom. The molecule has 0 spiro atoms. The van der Waals surface area contributed by atoms with Gasteiger partial charge in [-0.15, -0.1) is 0 Å². The van der Waals surface area contributed by atoms with Gasteiger partial charge >= 0.3 is 10.4 Å². The molecule has 7 nitrogen and oxygen atoms in total. The Balaban J connectivity index is 4.06. The highest BCUT2D eigenvalue weighted by Crippen LogP contribution is 2.08. The highest BCUT2D eigenvalue weighted by Gasteiger charge is 2.22. The molecule has 116 valence electrons. The van der Waals surface area contributed by atoms with Gasteiger partial charge in [-0.05, 0) is 6.92 Å². The lowest BCUT2D eigenvalue weighted by atomic mass is 10.2. The van der Waals surface area contributed by atoms with Gasteiger partial charge in [-0.2, -0.15) is 21.6 Å². The van der Waals surface area contributed by atoms with Crippen molar-refractivity contribution in [2.24, 2.45) is 0 Å². The number of halogens is 1. The first-order valence-corrected chi connectivity index (χ1v) is 8.70. The molecule has 19 heavy (non-hydrogen) atoms. The van der Waals surface area contributed by atoms with E-state index in [1.54, 1.807) is 4.72 Å². The molecule has 0 aliphatic heterocycles. The van der Waals surface area contributed by atoms with Gasteiger partial charge in [0.1, 0.15) is 0 Å². The SMILES string of the molecule is CC(CC[N+](C)(C)CCCNS(=O)(=O)F)S(=O)(=O)O. The molecule has 0 aromatic carbocycles. The lowest BCUT2D eigenvalue weighted by molar-refractivity contribution is -0.890. The molecule has 0 rings (SSSR count). The highest BCUT2D eigenvalue weighted by molar-refractivity contribution is 7.86. The lowest BCUT2D eigenvalue weighted by Gasteiger charge is -2.30.